The van der Waals surface area contributed by atoms with Gasteiger partial charge in [0.05, 0.1) is 5.92 Å². The maximum absolute atomic E-state index is 11.6. The summed E-state index contributed by atoms with van der Waals surface area (Å²) < 4.78 is 0. The van der Waals surface area contributed by atoms with Gasteiger partial charge in [-0.3, -0.25) is 9.59 Å². The van der Waals surface area contributed by atoms with E-state index in [0.717, 1.165) is 6.42 Å². The summed E-state index contributed by atoms with van der Waals surface area (Å²) in [4.78, 5) is 22.9. The number of rotatable bonds is 1. The lowest BCUT2D eigenvalue weighted by atomic mass is 9.79. The molecular weight excluding hydrogens is 178 g/mol. The molecule has 2 atom stereocenters. The van der Waals surface area contributed by atoms with E-state index in [4.69, 9.17) is 0 Å². The van der Waals surface area contributed by atoms with E-state index < -0.39 is 5.92 Å². The maximum atomic E-state index is 11.6. The second kappa shape index (κ2) is 3.71. The molecule has 1 fully saturated rings. The topological polar surface area (TPSA) is 46.2 Å². The fourth-order valence-corrected chi connectivity index (χ4v) is 2.34. The van der Waals surface area contributed by atoms with Crippen molar-refractivity contribution in [1.29, 1.82) is 0 Å². The summed E-state index contributed by atoms with van der Waals surface area (Å²) in [6, 6.07) is 0. The monoisotopic (exact) mass is 197 g/mol. The van der Waals surface area contributed by atoms with Crippen LogP contribution >= 0.6 is 0 Å². The number of carbonyl (C=O) groups is 2. The lowest BCUT2D eigenvalue weighted by Gasteiger charge is -2.24. The van der Waals surface area contributed by atoms with Crippen molar-refractivity contribution in [1.82, 2.24) is 5.32 Å². The van der Waals surface area contributed by atoms with Crippen LogP contribution in [0.4, 0.5) is 0 Å². The van der Waals surface area contributed by atoms with Gasteiger partial charge in [0.2, 0.25) is 5.91 Å². The Morgan fingerprint density at radius 2 is 2.07 bits per heavy atom. The van der Waals surface area contributed by atoms with Crippen LogP contribution in [-0.2, 0) is 9.59 Å². The van der Waals surface area contributed by atoms with Gasteiger partial charge < -0.3 is 5.32 Å². The van der Waals surface area contributed by atoms with Crippen molar-refractivity contribution in [2.24, 2.45) is 17.3 Å². The molecule has 0 spiro atoms. The predicted molar refractivity (Wildman–Crippen MR) is 54.7 cm³/mol. The molecule has 1 aliphatic heterocycles. The zero-order valence-corrected chi connectivity index (χ0v) is 9.39. The van der Waals surface area contributed by atoms with Gasteiger partial charge in [-0.15, -0.1) is 0 Å². The molecule has 2 unspecified atom stereocenters. The van der Waals surface area contributed by atoms with Gasteiger partial charge in [-0.25, -0.2) is 0 Å². The second-order valence-corrected chi connectivity index (χ2v) is 5.15. The Labute approximate surface area is 85.3 Å². The molecule has 0 bridgehead atoms. The van der Waals surface area contributed by atoms with Crippen LogP contribution in [0.2, 0.25) is 0 Å². The smallest absolute Gasteiger partial charge is 0.230 e. The number of ketones is 1. The van der Waals surface area contributed by atoms with Gasteiger partial charge in [-0.1, -0.05) is 20.8 Å². The van der Waals surface area contributed by atoms with Gasteiger partial charge >= 0.3 is 0 Å². The molecule has 0 radical (unpaired) electrons. The highest BCUT2D eigenvalue weighted by atomic mass is 16.2. The van der Waals surface area contributed by atoms with Gasteiger partial charge in [-0.05, 0) is 24.7 Å². The Morgan fingerprint density at radius 1 is 1.50 bits per heavy atom. The molecule has 0 aliphatic carbocycles. The van der Waals surface area contributed by atoms with Crippen molar-refractivity contribution in [3.05, 3.63) is 0 Å². The first-order valence-corrected chi connectivity index (χ1v) is 5.12. The minimum Gasteiger partial charge on any atom is -0.355 e. The Kier molecular flexibility index (Phi) is 2.98. The van der Waals surface area contributed by atoms with E-state index in [1.807, 2.05) is 6.92 Å². The van der Waals surface area contributed by atoms with Crippen molar-refractivity contribution in [3.63, 3.8) is 0 Å². The Bertz CT molecular complexity index is 258. The van der Waals surface area contributed by atoms with Crippen molar-refractivity contribution < 1.29 is 9.59 Å². The van der Waals surface area contributed by atoms with Crippen molar-refractivity contribution in [3.8, 4) is 0 Å². The van der Waals surface area contributed by atoms with E-state index in [9.17, 15) is 9.59 Å². The number of hydrogen-bond acceptors (Lipinski definition) is 2. The van der Waals surface area contributed by atoms with Crippen LogP contribution in [0.25, 0.3) is 0 Å². The van der Waals surface area contributed by atoms with E-state index in [2.05, 4.69) is 19.2 Å². The van der Waals surface area contributed by atoms with Gasteiger partial charge in [0.25, 0.3) is 0 Å². The number of hydrogen-bond donors (Lipinski definition) is 1. The molecule has 1 amide bonds. The number of amides is 1. The van der Waals surface area contributed by atoms with Crippen molar-refractivity contribution in [2.75, 3.05) is 6.54 Å². The summed E-state index contributed by atoms with van der Waals surface area (Å²) >= 11 is 0. The molecular formula is C11H19NO2. The van der Waals surface area contributed by atoms with Crippen LogP contribution in [0, 0.1) is 17.3 Å². The van der Waals surface area contributed by atoms with E-state index in [1.165, 1.54) is 6.92 Å². The molecule has 1 N–H and O–H groups in total. The number of carbonyl (C=O) groups excluding carboxylic acids is 2. The molecule has 1 heterocycles. The largest absolute Gasteiger partial charge is 0.355 e. The first kappa shape index (κ1) is 11.2. The molecule has 0 aromatic carbocycles. The normalized spacial score (nSPS) is 31.9. The van der Waals surface area contributed by atoms with Gasteiger partial charge in [0.15, 0.2) is 0 Å². The molecule has 0 saturated carbocycles. The molecule has 1 rings (SSSR count). The lowest BCUT2D eigenvalue weighted by molar-refractivity contribution is -0.134. The van der Waals surface area contributed by atoms with Crippen LogP contribution < -0.4 is 5.32 Å². The summed E-state index contributed by atoms with van der Waals surface area (Å²) in [5, 5.41) is 2.84. The van der Waals surface area contributed by atoms with Crippen LogP contribution in [0.15, 0.2) is 0 Å². The summed E-state index contributed by atoms with van der Waals surface area (Å²) in [7, 11) is 0. The highest BCUT2D eigenvalue weighted by Gasteiger charge is 2.36. The SMILES string of the molecule is CC(=O)C1C(=O)NCC(C)(C)CC1C. The highest BCUT2D eigenvalue weighted by Crippen LogP contribution is 2.32. The Morgan fingerprint density at radius 3 is 2.57 bits per heavy atom. The Hall–Kier alpha value is -0.860. The molecule has 14 heavy (non-hydrogen) atoms. The fourth-order valence-electron chi connectivity index (χ4n) is 2.34. The van der Waals surface area contributed by atoms with Crippen LogP contribution in [0.3, 0.4) is 0 Å². The average Bonchev–Trinajstić information content (AvgIpc) is 2.07. The molecule has 1 saturated heterocycles. The van der Waals surface area contributed by atoms with E-state index in [1.54, 1.807) is 0 Å². The standard InChI is InChI=1S/C11H19NO2/c1-7-5-11(3,4)6-12-10(14)9(7)8(2)13/h7,9H,5-6H2,1-4H3,(H,12,14). The Balaban J connectivity index is 2.87. The predicted octanol–water partition coefficient (Wildman–Crippen LogP) is 1.37. The van der Waals surface area contributed by atoms with Crippen LogP contribution in [-0.4, -0.2) is 18.2 Å². The number of Topliss-reactive ketones (excluding diaryl/α,β-unsaturated/α-hetero) is 1. The van der Waals surface area contributed by atoms with Gasteiger partial charge in [-0.2, -0.15) is 0 Å². The molecule has 0 aromatic rings. The minimum absolute atomic E-state index is 0.0206. The first-order chi connectivity index (χ1) is 6.33. The molecule has 1 aliphatic rings. The quantitative estimate of drug-likeness (QED) is 0.645. The van der Waals surface area contributed by atoms with E-state index in [-0.39, 0.29) is 23.0 Å². The number of nitrogens with one attached hydrogen (secondary N) is 1. The fraction of sp³-hybridized carbons (Fsp3) is 0.818. The first-order valence-electron chi connectivity index (χ1n) is 5.12. The van der Waals surface area contributed by atoms with Crippen molar-refractivity contribution >= 4 is 11.7 Å². The van der Waals surface area contributed by atoms with Gasteiger partial charge in [0, 0.05) is 6.54 Å². The zero-order chi connectivity index (χ0) is 10.9. The summed E-state index contributed by atoms with van der Waals surface area (Å²) in [5.41, 5.74) is 0.0965. The average molecular weight is 197 g/mol. The maximum Gasteiger partial charge on any atom is 0.230 e. The third kappa shape index (κ3) is 2.34. The van der Waals surface area contributed by atoms with Crippen LogP contribution in [0.1, 0.15) is 34.1 Å². The summed E-state index contributed by atoms with van der Waals surface area (Å²) in [5.74, 6) is -0.426. The highest BCUT2D eigenvalue weighted by molar-refractivity contribution is 6.00. The molecule has 80 valence electrons. The molecule has 3 heteroatoms. The van der Waals surface area contributed by atoms with E-state index in [0.29, 0.717) is 6.54 Å². The van der Waals surface area contributed by atoms with Gasteiger partial charge in [0.1, 0.15) is 5.78 Å². The van der Waals surface area contributed by atoms with E-state index >= 15 is 0 Å². The third-order valence-corrected chi connectivity index (χ3v) is 2.91. The molecule has 0 aromatic heterocycles. The van der Waals surface area contributed by atoms with Crippen molar-refractivity contribution in [2.45, 2.75) is 34.1 Å². The van der Waals surface area contributed by atoms with Crippen LogP contribution in [0.5, 0.6) is 0 Å². The zero-order valence-electron chi connectivity index (χ0n) is 9.39. The second-order valence-electron chi connectivity index (χ2n) is 5.15. The summed E-state index contributed by atoms with van der Waals surface area (Å²) in [6.07, 6.45) is 0.913. The third-order valence-electron chi connectivity index (χ3n) is 2.91. The minimum atomic E-state index is -0.447. The lowest BCUT2D eigenvalue weighted by Crippen LogP contribution is -2.36. The molecule has 3 nitrogen and oxygen atoms in total. The summed E-state index contributed by atoms with van der Waals surface area (Å²) in [6.45, 7) is 8.39.